The van der Waals surface area contributed by atoms with Gasteiger partial charge in [0.2, 0.25) is 0 Å². The zero-order valence-electron chi connectivity index (χ0n) is 21.6. The number of benzene rings is 2. The Morgan fingerprint density at radius 1 is 0.857 bits per heavy atom. The number of rotatable bonds is 7. The number of amides is 2. The minimum absolute atomic E-state index is 0.0358. The van der Waals surface area contributed by atoms with Crippen LogP contribution in [0.2, 0.25) is 0 Å². The lowest BCUT2D eigenvalue weighted by Crippen LogP contribution is -2.37. The first-order valence-electron chi connectivity index (χ1n) is 13.4. The molecule has 0 N–H and O–H groups in total. The third-order valence-corrected chi connectivity index (χ3v) is 6.83. The van der Waals surface area contributed by atoms with E-state index in [9.17, 15) is 9.59 Å². The molecule has 0 saturated heterocycles. The van der Waals surface area contributed by atoms with Gasteiger partial charge in [0.15, 0.2) is 0 Å². The van der Waals surface area contributed by atoms with Crippen molar-refractivity contribution in [1.29, 1.82) is 0 Å². The lowest BCUT2D eigenvalue weighted by atomic mass is 10.0. The molecule has 2 amide bonds. The maximum absolute atomic E-state index is 13.6. The Morgan fingerprint density at radius 2 is 1.54 bits per heavy atom. The van der Waals surface area contributed by atoms with Crippen LogP contribution in [0.4, 0.5) is 5.69 Å². The summed E-state index contributed by atoms with van der Waals surface area (Å²) in [5.74, 6) is 0.0240. The zero-order chi connectivity index (χ0) is 24.9. The fourth-order valence-electron chi connectivity index (χ4n) is 4.80. The number of fused-ring (bicyclic) bond motifs is 1. The van der Waals surface area contributed by atoms with Crippen LogP contribution in [0.25, 0.3) is 0 Å². The molecule has 0 bridgehead atoms. The summed E-state index contributed by atoms with van der Waals surface area (Å²) in [6.45, 7) is 4.15. The number of carbonyl (C=O) groups excluding carboxylic acids is 2. The highest BCUT2D eigenvalue weighted by atomic mass is 16.5. The Bertz CT molecular complexity index is 925. The Balaban J connectivity index is 1.84. The van der Waals surface area contributed by atoms with E-state index in [-0.39, 0.29) is 18.4 Å². The summed E-state index contributed by atoms with van der Waals surface area (Å²) >= 11 is 0. The van der Waals surface area contributed by atoms with E-state index in [1.54, 1.807) is 7.11 Å². The van der Waals surface area contributed by atoms with E-state index in [1.165, 1.54) is 24.8 Å². The minimum atomic E-state index is -0.0358. The fraction of sp³-hybridized carbons (Fsp3) is 0.533. The van der Waals surface area contributed by atoms with E-state index in [4.69, 9.17) is 4.74 Å². The summed E-state index contributed by atoms with van der Waals surface area (Å²) in [5.41, 5.74) is 3.91. The Morgan fingerprint density at radius 3 is 2.26 bits per heavy atom. The summed E-state index contributed by atoms with van der Waals surface area (Å²) in [7, 11) is 1.56. The zero-order valence-corrected chi connectivity index (χ0v) is 21.6. The molecule has 0 fully saturated rings. The SMILES string of the molecule is CCCCCc1ccc(C(=O)N2CCCCCCCCN(C(=O)COC)c3ccccc3C2)cc1. The van der Waals surface area contributed by atoms with Crippen LogP contribution >= 0.6 is 0 Å². The van der Waals surface area contributed by atoms with Crippen molar-refractivity contribution < 1.29 is 14.3 Å². The highest BCUT2D eigenvalue weighted by molar-refractivity contribution is 5.96. The molecule has 0 aliphatic carbocycles. The van der Waals surface area contributed by atoms with Gasteiger partial charge in [0.05, 0.1) is 0 Å². The molecule has 3 rings (SSSR count). The molecule has 1 heterocycles. The van der Waals surface area contributed by atoms with Crippen molar-refractivity contribution in [3.05, 3.63) is 65.2 Å². The second-order valence-electron chi connectivity index (χ2n) is 9.61. The number of unbranched alkanes of at least 4 members (excludes halogenated alkanes) is 2. The number of hydrogen-bond acceptors (Lipinski definition) is 3. The maximum Gasteiger partial charge on any atom is 0.254 e. The summed E-state index contributed by atoms with van der Waals surface area (Å²) < 4.78 is 5.17. The van der Waals surface area contributed by atoms with Crippen molar-refractivity contribution in [3.63, 3.8) is 0 Å². The lowest BCUT2D eigenvalue weighted by Gasteiger charge is -2.28. The number of para-hydroxylation sites is 1. The van der Waals surface area contributed by atoms with Gasteiger partial charge in [-0.3, -0.25) is 9.59 Å². The molecular weight excluding hydrogens is 436 g/mol. The van der Waals surface area contributed by atoms with E-state index < -0.39 is 0 Å². The highest BCUT2D eigenvalue weighted by Crippen LogP contribution is 2.25. The van der Waals surface area contributed by atoms with Gasteiger partial charge in [0.25, 0.3) is 11.8 Å². The summed E-state index contributed by atoms with van der Waals surface area (Å²) in [5, 5.41) is 0. The number of hydrogen-bond donors (Lipinski definition) is 0. The first-order valence-corrected chi connectivity index (χ1v) is 13.4. The van der Waals surface area contributed by atoms with Gasteiger partial charge in [-0.1, -0.05) is 75.8 Å². The molecule has 0 saturated carbocycles. The average Bonchev–Trinajstić information content (AvgIpc) is 2.89. The minimum Gasteiger partial charge on any atom is -0.375 e. The van der Waals surface area contributed by atoms with Crippen LogP contribution < -0.4 is 4.90 Å². The van der Waals surface area contributed by atoms with Crippen molar-refractivity contribution in [3.8, 4) is 0 Å². The Hall–Kier alpha value is -2.66. The molecule has 2 aromatic carbocycles. The Kier molecular flexibility index (Phi) is 11.3. The van der Waals surface area contributed by atoms with Crippen molar-refractivity contribution in [2.75, 3.05) is 31.7 Å². The highest BCUT2D eigenvalue weighted by Gasteiger charge is 2.22. The molecule has 5 heteroatoms. The number of ether oxygens (including phenoxy) is 1. The van der Waals surface area contributed by atoms with Gasteiger partial charge >= 0.3 is 0 Å². The van der Waals surface area contributed by atoms with E-state index >= 15 is 0 Å². The van der Waals surface area contributed by atoms with Gasteiger partial charge in [-0.15, -0.1) is 0 Å². The van der Waals surface area contributed by atoms with E-state index in [0.29, 0.717) is 13.1 Å². The predicted octanol–water partition coefficient (Wildman–Crippen LogP) is 6.40. The van der Waals surface area contributed by atoms with Gasteiger partial charge in [-0.2, -0.15) is 0 Å². The van der Waals surface area contributed by atoms with Gasteiger partial charge in [-0.25, -0.2) is 0 Å². The number of anilines is 1. The molecule has 1 aliphatic rings. The second kappa shape index (κ2) is 14.7. The molecule has 5 nitrogen and oxygen atoms in total. The number of nitrogens with zero attached hydrogens (tertiary/aromatic N) is 2. The third-order valence-electron chi connectivity index (χ3n) is 6.83. The van der Waals surface area contributed by atoms with E-state index in [2.05, 4.69) is 19.1 Å². The molecule has 35 heavy (non-hydrogen) atoms. The molecule has 2 aromatic rings. The molecule has 190 valence electrons. The molecule has 0 radical (unpaired) electrons. The molecular formula is C30H42N2O3. The van der Waals surface area contributed by atoms with Crippen LogP contribution in [0, 0.1) is 0 Å². The summed E-state index contributed by atoms with van der Waals surface area (Å²) in [4.78, 5) is 30.4. The summed E-state index contributed by atoms with van der Waals surface area (Å²) in [6.07, 6.45) is 11.2. The normalized spacial score (nSPS) is 15.5. The van der Waals surface area contributed by atoms with Gasteiger partial charge in [-0.05, 0) is 55.0 Å². The van der Waals surface area contributed by atoms with Crippen LogP contribution in [0.15, 0.2) is 48.5 Å². The molecule has 1 aliphatic heterocycles. The van der Waals surface area contributed by atoms with Crippen LogP contribution in [0.5, 0.6) is 0 Å². The standard InChI is InChI=1S/C30H42N2O3/c1-3-4-9-14-25-17-19-26(20-18-25)30(34)31-21-12-7-5-6-8-13-22-32(29(33)24-35-2)28-16-11-10-15-27(28)23-31/h10-11,15-20H,3-9,12-14,21-24H2,1-2H3. The van der Waals surface area contributed by atoms with Gasteiger partial charge in [0.1, 0.15) is 6.61 Å². The van der Waals surface area contributed by atoms with Crippen LogP contribution in [-0.2, 0) is 22.5 Å². The van der Waals surface area contributed by atoms with Crippen molar-refractivity contribution in [2.45, 2.75) is 77.7 Å². The maximum atomic E-state index is 13.6. The third kappa shape index (κ3) is 8.21. The summed E-state index contributed by atoms with van der Waals surface area (Å²) in [6, 6.07) is 16.1. The first kappa shape index (κ1) is 26.9. The largest absolute Gasteiger partial charge is 0.375 e. The monoisotopic (exact) mass is 478 g/mol. The van der Waals surface area contributed by atoms with Crippen molar-refractivity contribution in [2.24, 2.45) is 0 Å². The second-order valence-corrected chi connectivity index (χ2v) is 9.61. The average molecular weight is 479 g/mol. The van der Waals surface area contributed by atoms with Crippen LogP contribution in [-0.4, -0.2) is 43.5 Å². The van der Waals surface area contributed by atoms with Gasteiger partial charge in [0, 0.05) is 38.0 Å². The first-order chi connectivity index (χ1) is 17.1. The quantitative estimate of drug-likeness (QED) is 0.433. The number of methoxy groups -OCH3 is 1. The lowest BCUT2D eigenvalue weighted by molar-refractivity contribution is -0.122. The molecule has 0 spiro atoms. The van der Waals surface area contributed by atoms with Crippen LogP contribution in [0.1, 0.15) is 86.2 Å². The Labute approximate surface area is 211 Å². The number of aryl methyl sites for hydroxylation is 1. The molecule has 0 aromatic heterocycles. The molecule has 0 unspecified atom stereocenters. The van der Waals surface area contributed by atoms with Gasteiger partial charge < -0.3 is 14.5 Å². The van der Waals surface area contributed by atoms with E-state index in [1.807, 2.05) is 46.2 Å². The smallest absolute Gasteiger partial charge is 0.254 e. The van der Waals surface area contributed by atoms with Crippen LogP contribution in [0.3, 0.4) is 0 Å². The fourth-order valence-corrected chi connectivity index (χ4v) is 4.80. The van der Waals surface area contributed by atoms with Crippen molar-refractivity contribution >= 4 is 17.5 Å². The topological polar surface area (TPSA) is 49.9 Å². The molecule has 0 atom stereocenters. The van der Waals surface area contributed by atoms with Crippen molar-refractivity contribution in [1.82, 2.24) is 4.90 Å². The predicted molar refractivity (Wildman–Crippen MR) is 143 cm³/mol. The van der Waals surface area contributed by atoms with E-state index in [0.717, 1.165) is 68.3 Å². The number of carbonyl (C=O) groups is 2.